The third kappa shape index (κ3) is 5.38. The number of benzene rings is 3. The lowest BCUT2D eigenvalue weighted by molar-refractivity contribution is -0.117. The number of aryl methyl sites for hydroxylation is 2. The fourth-order valence-corrected chi connectivity index (χ4v) is 4.34. The van der Waals surface area contributed by atoms with Crippen molar-refractivity contribution in [1.29, 1.82) is 0 Å². The number of carbonyl (C=O) groups is 2. The molecule has 1 heterocycles. The lowest BCUT2D eigenvalue weighted by atomic mass is 10.1. The van der Waals surface area contributed by atoms with Crippen LogP contribution in [0.25, 0.3) is 16.9 Å². The van der Waals surface area contributed by atoms with Crippen LogP contribution >= 0.6 is 0 Å². The van der Waals surface area contributed by atoms with E-state index in [9.17, 15) is 9.59 Å². The summed E-state index contributed by atoms with van der Waals surface area (Å²) in [6, 6.07) is 25.5. The summed E-state index contributed by atoms with van der Waals surface area (Å²) in [5.41, 5.74) is 5.29. The molecule has 1 N–H and O–H groups in total. The molecule has 1 aliphatic carbocycles. The van der Waals surface area contributed by atoms with E-state index in [1.165, 1.54) is 0 Å². The molecule has 6 heteroatoms. The standard InChI is InChI=1S/C30H30N4O2/c1-21-9-8-13-25(17-21)34-19-27(24-11-4-3-5-12-24)31-30(34)32-28(35)20-33(18-23-15-16-23)29(36)26-14-7-6-10-22(26)2/h3-14,17,19,23H,15-16,18,20H2,1-2H3,(H,31,32,35). The van der Waals surface area contributed by atoms with Crippen LogP contribution in [0.15, 0.2) is 85.1 Å². The molecular formula is C30H30N4O2. The fourth-order valence-electron chi connectivity index (χ4n) is 4.34. The van der Waals surface area contributed by atoms with Crippen molar-refractivity contribution < 1.29 is 9.59 Å². The number of hydrogen-bond acceptors (Lipinski definition) is 3. The number of nitrogens with zero attached hydrogens (tertiary/aromatic N) is 3. The van der Waals surface area contributed by atoms with Gasteiger partial charge in [0.25, 0.3) is 5.91 Å². The van der Waals surface area contributed by atoms with Crippen LogP contribution in [0.1, 0.15) is 34.3 Å². The minimum atomic E-state index is -0.267. The van der Waals surface area contributed by atoms with E-state index in [4.69, 9.17) is 4.98 Å². The summed E-state index contributed by atoms with van der Waals surface area (Å²) in [5, 5.41) is 2.98. The third-order valence-electron chi connectivity index (χ3n) is 6.48. The van der Waals surface area contributed by atoms with Gasteiger partial charge in [-0.05, 0) is 61.9 Å². The first-order valence-corrected chi connectivity index (χ1v) is 12.3. The summed E-state index contributed by atoms with van der Waals surface area (Å²) in [6.07, 6.45) is 4.12. The van der Waals surface area contributed by atoms with Crippen molar-refractivity contribution >= 4 is 17.8 Å². The molecule has 5 rings (SSSR count). The molecule has 6 nitrogen and oxygen atoms in total. The number of rotatable bonds is 8. The largest absolute Gasteiger partial charge is 0.329 e. The number of aromatic nitrogens is 2. The summed E-state index contributed by atoms with van der Waals surface area (Å²) in [6.45, 7) is 4.52. The van der Waals surface area contributed by atoms with Crippen LogP contribution in [-0.4, -0.2) is 39.4 Å². The van der Waals surface area contributed by atoms with Gasteiger partial charge in [0.1, 0.15) is 6.54 Å². The topological polar surface area (TPSA) is 67.2 Å². The zero-order chi connectivity index (χ0) is 25.1. The van der Waals surface area contributed by atoms with Gasteiger partial charge in [0.05, 0.1) is 5.69 Å². The summed E-state index contributed by atoms with van der Waals surface area (Å²) >= 11 is 0. The molecule has 0 unspecified atom stereocenters. The van der Waals surface area contributed by atoms with Crippen molar-refractivity contribution in [3.63, 3.8) is 0 Å². The van der Waals surface area contributed by atoms with Crippen LogP contribution in [0.3, 0.4) is 0 Å². The van der Waals surface area contributed by atoms with Gasteiger partial charge in [0, 0.05) is 29.6 Å². The van der Waals surface area contributed by atoms with Crippen LogP contribution < -0.4 is 5.32 Å². The quantitative estimate of drug-likeness (QED) is 0.356. The molecule has 0 aliphatic heterocycles. The Kier molecular flexibility index (Phi) is 6.67. The SMILES string of the molecule is Cc1cccc(-n2cc(-c3ccccc3)nc2NC(=O)CN(CC2CC2)C(=O)c2ccccc2C)c1. The second-order valence-electron chi connectivity index (χ2n) is 9.52. The molecule has 1 fully saturated rings. The summed E-state index contributed by atoms with van der Waals surface area (Å²) in [4.78, 5) is 33.1. The van der Waals surface area contributed by atoms with E-state index in [2.05, 4.69) is 5.32 Å². The predicted molar refractivity (Wildman–Crippen MR) is 142 cm³/mol. The van der Waals surface area contributed by atoms with Crippen LogP contribution in [0.4, 0.5) is 5.95 Å². The Balaban J connectivity index is 1.42. The Morgan fingerprint density at radius 3 is 2.44 bits per heavy atom. The first kappa shape index (κ1) is 23.5. The van der Waals surface area contributed by atoms with Crippen molar-refractivity contribution in [3.05, 3.63) is 102 Å². The Morgan fingerprint density at radius 2 is 1.72 bits per heavy atom. The van der Waals surface area contributed by atoms with E-state index < -0.39 is 0 Å². The van der Waals surface area contributed by atoms with E-state index in [0.29, 0.717) is 24.0 Å². The highest BCUT2D eigenvalue weighted by Crippen LogP contribution is 2.30. The number of anilines is 1. The second kappa shape index (κ2) is 10.2. The number of carbonyl (C=O) groups excluding carboxylic acids is 2. The number of amides is 2. The second-order valence-corrected chi connectivity index (χ2v) is 9.52. The molecule has 1 aromatic heterocycles. The van der Waals surface area contributed by atoms with E-state index in [1.54, 1.807) is 4.90 Å². The maximum absolute atomic E-state index is 13.4. The van der Waals surface area contributed by atoms with Gasteiger partial charge in [-0.1, -0.05) is 60.7 Å². The van der Waals surface area contributed by atoms with Crippen LogP contribution in [0.2, 0.25) is 0 Å². The van der Waals surface area contributed by atoms with E-state index in [0.717, 1.165) is 40.9 Å². The monoisotopic (exact) mass is 478 g/mol. The smallest absolute Gasteiger partial charge is 0.254 e. The number of hydrogen-bond donors (Lipinski definition) is 1. The van der Waals surface area contributed by atoms with Crippen LogP contribution in [-0.2, 0) is 4.79 Å². The average Bonchev–Trinajstić information content (AvgIpc) is 3.60. The lowest BCUT2D eigenvalue weighted by Crippen LogP contribution is -2.40. The maximum atomic E-state index is 13.4. The molecule has 2 amide bonds. The number of nitrogens with one attached hydrogen (secondary N) is 1. The molecule has 0 spiro atoms. The molecule has 0 bridgehead atoms. The Bertz CT molecular complexity index is 1390. The normalized spacial score (nSPS) is 12.8. The summed E-state index contributed by atoms with van der Waals surface area (Å²) < 4.78 is 1.89. The highest BCUT2D eigenvalue weighted by molar-refractivity contribution is 6.00. The zero-order valence-electron chi connectivity index (χ0n) is 20.6. The van der Waals surface area contributed by atoms with Gasteiger partial charge < -0.3 is 4.90 Å². The molecule has 0 saturated heterocycles. The first-order valence-electron chi connectivity index (χ1n) is 12.3. The van der Waals surface area contributed by atoms with Gasteiger partial charge in [-0.25, -0.2) is 4.98 Å². The van der Waals surface area contributed by atoms with Crippen molar-refractivity contribution in [3.8, 4) is 16.9 Å². The fraction of sp³-hybridized carbons (Fsp3) is 0.233. The van der Waals surface area contributed by atoms with Crippen molar-refractivity contribution in [1.82, 2.24) is 14.5 Å². The molecular weight excluding hydrogens is 448 g/mol. The van der Waals surface area contributed by atoms with E-state index in [1.807, 2.05) is 103 Å². The van der Waals surface area contributed by atoms with E-state index >= 15 is 0 Å². The molecule has 0 atom stereocenters. The van der Waals surface area contributed by atoms with Gasteiger partial charge in [-0.15, -0.1) is 0 Å². The minimum Gasteiger partial charge on any atom is -0.329 e. The van der Waals surface area contributed by atoms with Crippen LogP contribution in [0, 0.1) is 19.8 Å². The van der Waals surface area contributed by atoms with Crippen LogP contribution in [0.5, 0.6) is 0 Å². The Labute approximate surface area is 211 Å². The van der Waals surface area contributed by atoms with Gasteiger partial charge in [-0.3, -0.25) is 19.5 Å². The molecule has 182 valence electrons. The third-order valence-corrected chi connectivity index (χ3v) is 6.48. The van der Waals surface area contributed by atoms with Gasteiger partial charge in [0.15, 0.2) is 0 Å². The maximum Gasteiger partial charge on any atom is 0.254 e. The highest BCUT2D eigenvalue weighted by Gasteiger charge is 2.29. The Morgan fingerprint density at radius 1 is 0.972 bits per heavy atom. The number of imidazole rings is 1. The van der Waals surface area contributed by atoms with Crippen molar-refractivity contribution in [2.45, 2.75) is 26.7 Å². The van der Waals surface area contributed by atoms with Gasteiger partial charge in [-0.2, -0.15) is 0 Å². The predicted octanol–water partition coefficient (Wildman–Crippen LogP) is 5.65. The first-order chi connectivity index (χ1) is 17.5. The molecule has 0 radical (unpaired) electrons. The Hall–Kier alpha value is -4.19. The summed E-state index contributed by atoms with van der Waals surface area (Å²) in [5.74, 6) is 0.516. The van der Waals surface area contributed by atoms with Crippen molar-refractivity contribution in [2.75, 3.05) is 18.4 Å². The minimum absolute atomic E-state index is 0.0228. The average molecular weight is 479 g/mol. The van der Waals surface area contributed by atoms with Gasteiger partial charge in [0.2, 0.25) is 11.9 Å². The van der Waals surface area contributed by atoms with Gasteiger partial charge >= 0.3 is 0 Å². The zero-order valence-corrected chi connectivity index (χ0v) is 20.6. The lowest BCUT2D eigenvalue weighted by Gasteiger charge is -2.23. The van der Waals surface area contributed by atoms with Crippen molar-refractivity contribution in [2.24, 2.45) is 5.92 Å². The highest BCUT2D eigenvalue weighted by atomic mass is 16.2. The molecule has 3 aromatic carbocycles. The summed E-state index contributed by atoms with van der Waals surface area (Å²) in [7, 11) is 0. The molecule has 1 saturated carbocycles. The molecule has 36 heavy (non-hydrogen) atoms. The molecule has 4 aromatic rings. The molecule has 1 aliphatic rings. The van der Waals surface area contributed by atoms with E-state index in [-0.39, 0.29) is 18.4 Å².